The molecule has 44 heavy (non-hydrogen) atoms. The van der Waals surface area contributed by atoms with Gasteiger partial charge in [0.05, 0.1) is 38.0 Å². The van der Waals surface area contributed by atoms with Crippen LogP contribution in [-0.4, -0.2) is 203 Å². The van der Waals surface area contributed by atoms with E-state index in [1.165, 1.54) is 13.0 Å². The van der Waals surface area contributed by atoms with E-state index >= 15 is 0 Å². The molecule has 0 spiro atoms. The van der Waals surface area contributed by atoms with Gasteiger partial charge in [0.2, 0.25) is 0 Å². The minimum absolute atomic E-state index is 0.0225. The highest BCUT2D eigenvalue weighted by Crippen LogP contribution is 2.32. The predicted octanol–water partition coefficient (Wildman–Crippen LogP) is -8.56. The zero-order valence-corrected chi connectivity index (χ0v) is 23.5. The van der Waals surface area contributed by atoms with Crippen LogP contribution >= 0.6 is 0 Å². The molecule has 4 rings (SSSR count). The monoisotopic (exact) mass is 645 g/mol. The molecule has 256 valence electrons. The van der Waals surface area contributed by atoms with Crippen LogP contribution in [0.1, 0.15) is 6.92 Å². The van der Waals surface area contributed by atoms with Crippen LogP contribution in [0.2, 0.25) is 0 Å². The number of rotatable bonds is 9. The molecule has 3 fully saturated rings. The van der Waals surface area contributed by atoms with Crippen LogP contribution in [0.5, 0.6) is 0 Å². The van der Waals surface area contributed by atoms with E-state index in [1.807, 2.05) is 0 Å². The van der Waals surface area contributed by atoms with E-state index in [0.29, 0.717) is 0 Å². The molecule has 0 aromatic rings. The topological polar surface area (TPSA) is 321 Å². The van der Waals surface area contributed by atoms with Gasteiger partial charge in [0.25, 0.3) is 0 Å². The molecule has 3 heterocycles. The van der Waals surface area contributed by atoms with Crippen molar-refractivity contribution in [1.82, 2.24) is 5.32 Å². The van der Waals surface area contributed by atoms with Gasteiger partial charge < -0.3 is 95.4 Å². The van der Waals surface area contributed by atoms with E-state index in [9.17, 15) is 66.4 Å². The lowest BCUT2D eigenvalue weighted by Gasteiger charge is -2.48. The van der Waals surface area contributed by atoms with Gasteiger partial charge in [0.15, 0.2) is 18.9 Å². The van der Waals surface area contributed by atoms with E-state index in [4.69, 9.17) is 23.7 Å². The maximum absolute atomic E-state index is 10.9. The largest absolute Gasteiger partial charge is 0.394 e. The Kier molecular flexibility index (Phi) is 12.1. The van der Waals surface area contributed by atoms with Crippen molar-refractivity contribution < 1.29 is 90.1 Å². The number of hydrogen-bond donors (Lipinski definition) is 14. The van der Waals surface area contributed by atoms with Gasteiger partial charge in [0.1, 0.15) is 79.4 Å². The molecule has 0 bridgehead atoms. The first kappa shape index (κ1) is 35.8. The van der Waals surface area contributed by atoms with Crippen molar-refractivity contribution in [3.63, 3.8) is 0 Å². The first-order valence-electron chi connectivity index (χ1n) is 14.1. The van der Waals surface area contributed by atoms with Gasteiger partial charge in [-0.1, -0.05) is 6.08 Å². The Morgan fingerprint density at radius 1 is 0.636 bits per heavy atom. The molecule has 0 aromatic carbocycles. The summed E-state index contributed by atoms with van der Waals surface area (Å²) in [6.07, 6.45) is -26.6. The number of aliphatic hydroxyl groups is 13. The molecule has 0 amide bonds. The van der Waals surface area contributed by atoms with E-state index in [0.717, 1.165) is 0 Å². The highest BCUT2D eigenvalue weighted by Gasteiger charge is 2.53. The molecular formula is C25H43NO18. The Bertz CT molecular complexity index is 958. The fourth-order valence-electron chi connectivity index (χ4n) is 5.81. The highest BCUT2D eigenvalue weighted by atomic mass is 16.7. The maximum atomic E-state index is 10.9. The van der Waals surface area contributed by atoms with Gasteiger partial charge in [-0.3, -0.25) is 0 Å². The van der Waals surface area contributed by atoms with Gasteiger partial charge in [-0.25, -0.2) is 0 Å². The molecule has 19 nitrogen and oxygen atoms in total. The average molecular weight is 646 g/mol. The summed E-state index contributed by atoms with van der Waals surface area (Å²) in [7, 11) is 0. The van der Waals surface area contributed by atoms with Crippen molar-refractivity contribution in [2.24, 2.45) is 0 Å². The Labute approximate surface area is 250 Å². The van der Waals surface area contributed by atoms with Crippen LogP contribution in [0, 0.1) is 0 Å². The maximum Gasteiger partial charge on any atom is 0.187 e. The summed E-state index contributed by atoms with van der Waals surface area (Å²) in [6, 6.07) is -2.17. The molecule has 0 radical (unpaired) electrons. The first-order chi connectivity index (χ1) is 20.7. The van der Waals surface area contributed by atoms with Gasteiger partial charge in [-0.15, -0.1) is 0 Å². The summed E-state index contributed by atoms with van der Waals surface area (Å²) < 4.78 is 27.4. The molecule has 14 unspecified atom stereocenters. The second-order valence-electron chi connectivity index (χ2n) is 11.4. The first-order valence-corrected chi connectivity index (χ1v) is 14.1. The summed E-state index contributed by atoms with van der Waals surface area (Å²) in [6.45, 7) is -0.753. The Morgan fingerprint density at radius 3 is 1.73 bits per heavy atom. The molecule has 19 heteroatoms. The molecule has 19 atom stereocenters. The van der Waals surface area contributed by atoms with E-state index in [-0.39, 0.29) is 5.57 Å². The van der Waals surface area contributed by atoms with Gasteiger partial charge >= 0.3 is 0 Å². The minimum Gasteiger partial charge on any atom is -0.394 e. The van der Waals surface area contributed by atoms with Crippen molar-refractivity contribution in [3.8, 4) is 0 Å². The normalized spacial score (nSPS) is 52.0. The lowest BCUT2D eigenvalue weighted by atomic mass is 9.86. The van der Waals surface area contributed by atoms with Crippen LogP contribution in [0.3, 0.4) is 0 Å². The summed E-state index contributed by atoms with van der Waals surface area (Å²) in [5, 5.41) is 136. The molecule has 0 saturated carbocycles. The summed E-state index contributed by atoms with van der Waals surface area (Å²) >= 11 is 0. The van der Waals surface area contributed by atoms with E-state index < -0.39 is 136 Å². The van der Waals surface area contributed by atoms with Crippen molar-refractivity contribution >= 4 is 0 Å². The standard InChI is InChI=1S/C25H43NO18/c1-6-11(26-8-2-7(3-27)12(30)15(33)13(8)31)14(32)19(37)24(40-6)43-22-10(5-29)42-25(20(38)17(22)35)44-21-9(4-28)41-23(39)18(36)16(21)34/h2,6,8-39H,3-5H2,1H3/t6?,8-,9?,10?,11?,12+,13-,14?,15-,16?,17?,18?,19?,20?,21?,22?,23+,24?,25?/m0/s1. The SMILES string of the molecule is CC1OC(OC2C(CO)OC(OC3C(CO)O[C@@H](O)C(O)C3O)C(O)C2O)C(O)C(O)C1N[C@H]1C=C(CO)[C@@H](O)[C@H](O)[C@H]1O. The smallest absolute Gasteiger partial charge is 0.187 e. The lowest BCUT2D eigenvalue weighted by Crippen LogP contribution is -2.68. The van der Waals surface area contributed by atoms with E-state index in [2.05, 4.69) is 5.32 Å². The zero-order valence-electron chi connectivity index (χ0n) is 23.5. The average Bonchev–Trinajstić information content (AvgIpc) is 3.00. The summed E-state index contributed by atoms with van der Waals surface area (Å²) in [5.41, 5.74) is 0.0225. The predicted molar refractivity (Wildman–Crippen MR) is 138 cm³/mol. The highest BCUT2D eigenvalue weighted by molar-refractivity contribution is 5.22. The third kappa shape index (κ3) is 6.96. The van der Waals surface area contributed by atoms with Crippen LogP contribution in [0.25, 0.3) is 0 Å². The summed E-state index contributed by atoms with van der Waals surface area (Å²) in [5.74, 6) is 0. The number of nitrogens with one attached hydrogen (secondary N) is 1. The Morgan fingerprint density at radius 2 is 1.16 bits per heavy atom. The fourth-order valence-corrected chi connectivity index (χ4v) is 5.81. The third-order valence-corrected chi connectivity index (χ3v) is 8.48. The van der Waals surface area contributed by atoms with Gasteiger partial charge in [-0.2, -0.15) is 0 Å². The Balaban J connectivity index is 1.42. The fraction of sp³-hybridized carbons (Fsp3) is 0.920. The van der Waals surface area contributed by atoms with Gasteiger partial charge in [-0.05, 0) is 12.5 Å². The second kappa shape index (κ2) is 14.8. The summed E-state index contributed by atoms with van der Waals surface area (Å²) in [4.78, 5) is 0. The zero-order chi connectivity index (χ0) is 32.6. The van der Waals surface area contributed by atoms with Crippen LogP contribution < -0.4 is 5.32 Å². The van der Waals surface area contributed by atoms with Crippen LogP contribution in [0.15, 0.2) is 11.6 Å². The minimum atomic E-state index is -1.93. The van der Waals surface area contributed by atoms with Gasteiger partial charge in [0, 0.05) is 0 Å². The molecule has 4 aliphatic rings. The molecule has 3 aliphatic heterocycles. The van der Waals surface area contributed by atoms with Crippen molar-refractivity contribution in [2.75, 3.05) is 19.8 Å². The number of aliphatic hydroxyl groups excluding tert-OH is 13. The number of hydrogen-bond acceptors (Lipinski definition) is 19. The third-order valence-electron chi connectivity index (χ3n) is 8.48. The van der Waals surface area contributed by atoms with E-state index in [1.54, 1.807) is 0 Å². The van der Waals surface area contributed by atoms with Crippen molar-refractivity contribution in [1.29, 1.82) is 0 Å². The van der Waals surface area contributed by atoms with Crippen molar-refractivity contribution in [2.45, 2.75) is 123 Å². The molecule has 14 N–H and O–H groups in total. The van der Waals surface area contributed by atoms with Crippen LogP contribution in [-0.2, 0) is 23.7 Å². The molecule has 3 saturated heterocycles. The van der Waals surface area contributed by atoms with Crippen molar-refractivity contribution in [3.05, 3.63) is 11.6 Å². The number of ether oxygens (including phenoxy) is 5. The molecule has 1 aliphatic carbocycles. The molecule has 0 aromatic heterocycles. The Hall–Kier alpha value is -1.02. The lowest BCUT2D eigenvalue weighted by molar-refractivity contribution is -0.373. The van der Waals surface area contributed by atoms with Crippen LogP contribution in [0.4, 0.5) is 0 Å². The molecular weight excluding hydrogens is 602 g/mol. The second-order valence-corrected chi connectivity index (χ2v) is 11.4. The quantitative estimate of drug-likeness (QED) is 0.103.